The lowest BCUT2D eigenvalue weighted by Gasteiger charge is -2.26. The molecule has 0 aliphatic rings. The second-order valence-corrected chi connectivity index (χ2v) is 6.05. The predicted molar refractivity (Wildman–Crippen MR) is 94.5 cm³/mol. The molecule has 0 fully saturated rings. The van der Waals surface area contributed by atoms with Crippen LogP contribution in [0, 0.1) is 0 Å². The molecule has 2 aromatic rings. The Hall–Kier alpha value is -2.82. The summed E-state index contributed by atoms with van der Waals surface area (Å²) in [5, 5.41) is 9.01. The zero-order valence-corrected chi connectivity index (χ0v) is 14.1. The molecule has 0 heterocycles. The van der Waals surface area contributed by atoms with Crippen molar-refractivity contribution in [2.75, 3.05) is 19.0 Å². The molecule has 0 saturated carbocycles. The molecule has 126 valence electrons. The molecule has 1 amide bonds. The van der Waals surface area contributed by atoms with E-state index in [2.05, 4.69) is 0 Å². The number of carboxylic acids is 1. The molecule has 0 aromatic heterocycles. The summed E-state index contributed by atoms with van der Waals surface area (Å²) in [4.78, 5) is 25.1. The number of hydrogen-bond acceptors (Lipinski definition) is 3. The van der Waals surface area contributed by atoms with Crippen molar-refractivity contribution in [3.05, 3.63) is 65.2 Å². The van der Waals surface area contributed by atoms with Gasteiger partial charge in [0.2, 0.25) is 5.91 Å². The number of carboxylic acid groups (broad SMARTS) is 1. The van der Waals surface area contributed by atoms with Gasteiger partial charge in [0, 0.05) is 19.8 Å². The molecular formula is C19H22N2O3. The first-order chi connectivity index (χ1) is 11.3. The van der Waals surface area contributed by atoms with Gasteiger partial charge in [-0.3, -0.25) is 4.79 Å². The monoisotopic (exact) mass is 326 g/mol. The van der Waals surface area contributed by atoms with Crippen molar-refractivity contribution < 1.29 is 14.7 Å². The van der Waals surface area contributed by atoms with Crippen molar-refractivity contribution in [3.63, 3.8) is 0 Å². The maximum Gasteiger partial charge on any atom is 0.335 e. The number of anilines is 1. The van der Waals surface area contributed by atoms with E-state index in [0.29, 0.717) is 5.56 Å². The van der Waals surface area contributed by atoms with Crippen LogP contribution in [0.2, 0.25) is 0 Å². The third-order valence-electron chi connectivity index (χ3n) is 4.23. The SMILES string of the molecule is CC(c1ccccc1N(C)C)C(C(N)=O)c1ccc(C(=O)O)cc1. The molecule has 2 rings (SSSR count). The van der Waals surface area contributed by atoms with Crippen LogP contribution in [0.1, 0.15) is 40.2 Å². The molecule has 0 saturated heterocycles. The summed E-state index contributed by atoms with van der Waals surface area (Å²) < 4.78 is 0. The van der Waals surface area contributed by atoms with E-state index >= 15 is 0 Å². The molecular weight excluding hydrogens is 304 g/mol. The minimum Gasteiger partial charge on any atom is -0.478 e. The van der Waals surface area contributed by atoms with Crippen LogP contribution in [0.4, 0.5) is 5.69 Å². The van der Waals surface area contributed by atoms with E-state index < -0.39 is 17.8 Å². The molecule has 2 atom stereocenters. The maximum atomic E-state index is 12.1. The lowest BCUT2D eigenvalue weighted by Crippen LogP contribution is -2.27. The molecule has 0 radical (unpaired) electrons. The van der Waals surface area contributed by atoms with E-state index in [-0.39, 0.29) is 11.5 Å². The van der Waals surface area contributed by atoms with Gasteiger partial charge in [-0.1, -0.05) is 37.3 Å². The summed E-state index contributed by atoms with van der Waals surface area (Å²) in [6, 6.07) is 14.2. The Balaban J connectivity index is 2.44. The van der Waals surface area contributed by atoms with E-state index in [1.165, 1.54) is 12.1 Å². The average molecular weight is 326 g/mol. The Bertz CT molecular complexity index is 739. The average Bonchev–Trinajstić information content (AvgIpc) is 2.55. The van der Waals surface area contributed by atoms with Crippen LogP contribution in [0.5, 0.6) is 0 Å². The van der Waals surface area contributed by atoms with Crippen molar-refractivity contribution in [3.8, 4) is 0 Å². The Morgan fingerprint density at radius 3 is 2.12 bits per heavy atom. The van der Waals surface area contributed by atoms with E-state index in [9.17, 15) is 9.59 Å². The Morgan fingerprint density at radius 2 is 1.62 bits per heavy atom. The number of carbonyl (C=O) groups excluding carboxylic acids is 1. The summed E-state index contributed by atoms with van der Waals surface area (Å²) in [5.74, 6) is -2.10. The summed E-state index contributed by atoms with van der Waals surface area (Å²) in [6.45, 7) is 1.96. The number of nitrogens with two attached hydrogens (primary N) is 1. The number of primary amides is 1. The molecule has 5 heteroatoms. The number of rotatable bonds is 6. The molecule has 3 N–H and O–H groups in total. The summed E-state index contributed by atoms with van der Waals surface area (Å²) in [6.07, 6.45) is 0. The van der Waals surface area contributed by atoms with Crippen molar-refractivity contribution in [2.24, 2.45) is 5.73 Å². The second kappa shape index (κ2) is 7.17. The fourth-order valence-electron chi connectivity index (χ4n) is 2.99. The van der Waals surface area contributed by atoms with Gasteiger partial charge in [0.25, 0.3) is 0 Å². The zero-order valence-electron chi connectivity index (χ0n) is 14.1. The number of nitrogens with zero attached hydrogens (tertiary/aromatic N) is 1. The number of aromatic carboxylic acids is 1. The highest BCUT2D eigenvalue weighted by Crippen LogP contribution is 2.37. The highest BCUT2D eigenvalue weighted by Gasteiger charge is 2.28. The smallest absolute Gasteiger partial charge is 0.335 e. The minimum atomic E-state index is -0.997. The van der Waals surface area contributed by atoms with Crippen molar-refractivity contribution >= 4 is 17.6 Å². The normalized spacial score (nSPS) is 13.1. The highest BCUT2D eigenvalue weighted by molar-refractivity contribution is 5.88. The Kier molecular flexibility index (Phi) is 5.24. The number of hydrogen-bond donors (Lipinski definition) is 2. The second-order valence-electron chi connectivity index (χ2n) is 6.05. The van der Waals surface area contributed by atoms with Gasteiger partial charge < -0.3 is 15.7 Å². The lowest BCUT2D eigenvalue weighted by atomic mass is 9.81. The molecule has 2 unspecified atom stereocenters. The number of benzene rings is 2. The maximum absolute atomic E-state index is 12.1. The lowest BCUT2D eigenvalue weighted by molar-refractivity contribution is -0.119. The molecule has 0 spiro atoms. The molecule has 0 aliphatic heterocycles. The summed E-state index contributed by atoms with van der Waals surface area (Å²) in [7, 11) is 3.90. The topological polar surface area (TPSA) is 83.6 Å². The van der Waals surface area contributed by atoms with Crippen LogP contribution >= 0.6 is 0 Å². The number of carbonyl (C=O) groups is 2. The largest absolute Gasteiger partial charge is 0.478 e. The quantitative estimate of drug-likeness (QED) is 0.855. The molecule has 0 aliphatic carbocycles. The van der Waals surface area contributed by atoms with Gasteiger partial charge in [-0.05, 0) is 35.2 Å². The van der Waals surface area contributed by atoms with Crippen molar-refractivity contribution in [1.82, 2.24) is 0 Å². The number of amides is 1. The highest BCUT2D eigenvalue weighted by atomic mass is 16.4. The van der Waals surface area contributed by atoms with Gasteiger partial charge in [0.05, 0.1) is 11.5 Å². The van der Waals surface area contributed by atoms with E-state index in [4.69, 9.17) is 10.8 Å². The van der Waals surface area contributed by atoms with Gasteiger partial charge in [-0.2, -0.15) is 0 Å². The van der Waals surface area contributed by atoms with Crippen LogP contribution in [-0.2, 0) is 4.79 Å². The Morgan fingerprint density at radius 1 is 1.04 bits per heavy atom. The summed E-state index contributed by atoms with van der Waals surface area (Å²) >= 11 is 0. The van der Waals surface area contributed by atoms with Crippen LogP contribution in [0.15, 0.2) is 48.5 Å². The standard InChI is InChI=1S/C19H22N2O3/c1-12(15-6-4-5-7-16(15)21(2)3)17(18(20)22)13-8-10-14(11-9-13)19(23)24/h4-12,17H,1-3H3,(H2,20,22)(H,23,24). The zero-order chi connectivity index (χ0) is 17.9. The minimum absolute atomic E-state index is 0.142. The molecule has 5 nitrogen and oxygen atoms in total. The molecule has 2 aromatic carbocycles. The Labute approximate surface area is 141 Å². The molecule has 0 bridgehead atoms. The predicted octanol–water partition coefficient (Wildman–Crippen LogP) is 2.82. The van der Waals surface area contributed by atoms with E-state index in [1.807, 2.05) is 50.2 Å². The number of para-hydroxylation sites is 1. The van der Waals surface area contributed by atoms with Crippen molar-refractivity contribution in [2.45, 2.75) is 18.8 Å². The first-order valence-electron chi connectivity index (χ1n) is 7.71. The van der Waals surface area contributed by atoms with Gasteiger partial charge in [-0.15, -0.1) is 0 Å². The third-order valence-corrected chi connectivity index (χ3v) is 4.23. The molecule has 24 heavy (non-hydrogen) atoms. The van der Waals surface area contributed by atoms with Gasteiger partial charge in [0.1, 0.15) is 0 Å². The first-order valence-corrected chi connectivity index (χ1v) is 7.71. The van der Waals surface area contributed by atoms with Gasteiger partial charge in [0.15, 0.2) is 0 Å². The van der Waals surface area contributed by atoms with Crippen LogP contribution in [0.25, 0.3) is 0 Å². The van der Waals surface area contributed by atoms with E-state index in [0.717, 1.165) is 11.3 Å². The first kappa shape index (κ1) is 17.5. The fourth-order valence-corrected chi connectivity index (χ4v) is 2.99. The van der Waals surface area contributed by atoms with E-state index in [1.54, 1.807) is 12.1 Å². The van der Waals surface area contributed by atoms with Gasteiger partial charge >= 0.3 is 5.97 Å². The van der Waals surface area contributed by atoms with Crippen LogP contribution in [-0.4, -0.2) is 31.1 Å². The van der Waals surface area contributed by atoms with Crippen LogP contribution in [0.3, 0.4) is 0 Å². The fraction of sp³-hybridized carbons (Fsp3) is 0.263. The van der Waals surface area contributed by atoms with Crippen molar-refractivity contribution in [1.29, 1.82) is 0 Å². The van der Waals surface area contributed by atoms with Crippen LogP contribution < -0.4 is 10.6 Å². The summed E-state index contributed by atoms with van der Waals surface area (Å²) in [5.41, 5.74) is 8.61. The third kappa shape index (κ3) is 3.56. The van der Waals surface area contributed by atoms with Gasteiger partial charge in [-0.25, -0.2) is 4.79 Å².